The van der Waals surface area contributed by atoms with Crippen molar-refractivity contribution < 1.29 is 9.47 Å². The summed E-state index contributed by atoms with van der Waals surface area (Å²) in [5.74, 6) is 0. The van der Waals surface area contributed by atoms with E-state index < -0.39 is 6.29 Å². The molecule has 15 heavy (non-hydrogen) atoms. The molecule has 0 heterocycles. The molecule has 0 aliphatic heterocycles. The second kappa shape index (κ2) is 5.26. The quantitative estimate of drug-likeness (QED) is 0.770. The van der Waals surface area contributed by atoms with Gasteiger partial charge in [0.15, 0.2) is 6.29 Å². The number of nitrogens with two attached hydrogens (primary N) is 1. The van der Waals surface area contributed by atoms with Gasteiger partial charge in [0.05, 0.1) is 6.04 Å². The van der Waals surface area contributed by atoms with Gasteiger partial charge in [-0.3, -0.25) is 0 Å². The molecule has 0 fully saturated rings. The summed E-state index contributed by atoms with van der Waals surface area (Å²) < 4.78 is 10.3. The van der Waals surface area contributed by atoms with E-state index in [1.54, 1.807) is 14.2 Å². The van der Waals surface area contributed by atoms with Gasteiger partial charge in [-0.15, -0.1) is 0 Å². The predicted molar refractivity (Wildman–Crippen MR) is 60.7 cm³/mol. The van der Waals surface area contributed by atoms with Crippen LogP contribution in [0.4, 0.5) is 0 Å². The Bertz CT molecular complexity index is 321. The van der Waals surface area contributed by atoms with Crippen molar-refractivity contribution >= 4 is 0 Å². The standard InChI is InChI=1S/C12H19NO2/c1-8-6-5-7-10(9(8)2)11(13)12(14-3)15-4/h5-7,11-12H,13H2,1-4H3. The van der Waals surface area contributed by atoms with E-state index in [-0.39, 0.29) is 6.04 Å². The maximum absolute atomic E-state index is 6.08. The molecule has 0 aromatic heterocycles. The summed E-state index contributed by atoms with van der Waals surface area (Å²) >= 11 is 0. The van der Waals surface area contributed by atoms with E-state index in [1.165, 1.54) is 11.1 Å². The van der Waals surface area contributed by atoms with Crippen molar-refractivity contribution in [1.82, 2.24) is 0 Å². The number of benzene rings is 1. The van der Waals surface area contributed by atoms with Gasteiger partial charge in [-0.05, 0) is 30.5 Å². The van der Waals surface area contributed by atoms with Crippen molar-refractivity contribution in [2.24, 2.45) is 5.73 Å². The first-order valence-electron chi connectivity index (χ1n) is 4.99. The number of hydrogen-bond donors (Lipinski definition) is 1. The van der Waals surface area contributed by atoms with Gasteiger partial charge in [-0.25, -0.2) is 0 Å². The van der Waals surface area contributed by atoms with Gasteiger partial charge in [0.25, 0.3) is 0 Å². The van der Waals surface area contributed by atoms with Gasteiger partial charge in [-0.2, -0.15) is 0 Å². The topological polar surface area (TPSA) is 44.5 Å². The highest BCUT2D eigenvalue weighted by atomic mass is 16.7. The van der Waals surface area contributed by atoms with Crippen LogP contribution in [-0.2, 0) is 9.47 Å². The smallest absolute Gasteiger partial charge is 0.176 e. The van der Waals surface area contributed by atoms with Crippen LogP contribution in [-0.4, -0.2) is 20.5 Å². The van der Waals surface area contributed by atoms with Crippen molar-refractivity contribution in [2.45, 2.75) is 26.2 Å². The molecule has 0 bridgehead atoms. The van der Waals surface area contributed by atoms with E-state index in [9.17, 15) is 0 Å². The molecule has 1 atom stereocenters. The van der Waals surface area contributed by atoms with Crippen LogP contribution in [0, 0.1) is 13.8 Å². The van der Waals surface area contributed by atoms with E-state index in [4.69, 9.17) is 15.2 Å². The second-order valence-corrected chi connectivity index (χ2v) is 3.65. The van der Waals surface area contributed by atoms with Crippen LogP contribution in [0.1, 0.15) is 22.7 Å². The maximum atomic E-state index is 6.08. The molecule has 1 rings (SSSR count). The Labute approximate surface area is 91.2 Å². The summed E-state index contributed by atoms with van der Waals surface area (Å²) in [6, 6.07) is 5.83. The molecule has 0 radical (unpaired) electrons. The summed E-state index contributed by atoms with van der Waals surface area (Å²) in [6.07, 6.45) is -0.398. The third-order valence-corrected chi connectivity index (χ3v) is 2.76. The fourth-order valence-electron chi connectivity index (χ4n) is 1.67. The van der Waals surface area contributed by atoms with Crippen LogP contribution < -0.4 is 5.73 Å². The molecule has 0 saturated carbocycles. The molecule has 0 spiro atoms. The lowest BCUT2D eigenvalue weighted by Gasteiger charge is -2.23. The molecule has 3 nitrogen and oxygen atoms in total. The zero-order valence-electron chi connectivity index (χ0n) is 9.78. The molecular weight excluding hydrogens is 190 g/mol. The van der Waals surface area contributed by atoms with Crippen LogP contribution >= 0.6 is 0 Å². The van der Waals surface area contributed by atoms with Gasteiger partial charge < -0.3 is 15.2 Å². The van der Waals surface area contributed by atoms with E-state index in [0.717, 1.165) is 5.56 Å². The summed E-state index contributed by atoms with van der Waals surface area (Å²) in [5, 5.41) is 0. The average Bonchev–Trinajstić information content (AvgIpc) is 2.23. The molecule has 1 unspecified atom stereocenters. The van der Waals surface area contributed by atoms with Crippen molar-refractivity contribution in [1.29, 1.82) is 0 Å². The van der Waals surface area contributed by atoms with E-state index >= 15 is 0 Å². The van der Waals surface area contributed by atoms with Crippen LogP contribution in [0.5, 0.6) is 0 Å². The Morgan fingerprint density at radius 2 is 1.73 bits per heavy atom. The molecule has 0 aliphatic carbocycles. The lowest BCUT2D eigenvalue weighted by Crippen LogP contribution is -2.30. The molecule has 1 aromatic rings. The zero-order chi connectivity index (χ0) is 11.4. The Hall–Kier alpha value is -0.900. The van der Waals surface area contributed by atoms with Crippen molar-refractivity contribution in [3.63, 3.8) is 0 Å². The molecule has 0 aliphatic rings. The molecule has 0 amide bonds. The van der Waals surface area contributed by atoms with Crippen molar-refractivity contribution in [3.05, 3.63) is 34.9 Å². The Morgan fingerprint density at radius 3 is 2.27 bits per heavy atom. The summed E-state index contributed by atoms with van der Waals surface area (Å²) in [4.78, 5) is 0. The molecule has 2 N–H and O–H groups in total. The lowest BCUT2D eigenvalue weighted by molar-refractivity contribution is -0.117. The van der Waals surface area contributed by atoms with Crippen LogP contribution in [0.3, 0.4) is 0 Å². The molecule has 0 saturated heterocycles. The first kappa shape index (κ1) is 12.2. The fourth-order valence-corrected chi connectivity index (χ4v) is 1.67. The lowest BCUT2D eigenvalue weighted by atomic mass is 9.97. The van der Waals surface area contributed by atoms with Gasteiger partial charge in [0.2, 0.25) is 0 Å². The highest BCUT2D eigenvalue weighted by Gasteiger charge is 2.20. The van der Waals surface area contributed by atoms with E-state index in [0.29, 0.717) is 0 Å². The molecule has 84 valence electrons. The fraction of sp³-hybridized carbons (Fsp3) is 0.500. The molecular formula is C12H19NO2. The molecule has 3 heteroatoms. The van der Waals surface area contributed by atoms with Gasteiger partial charge >= 0.3 is 0 Å². The van der Waals surface area contributed by atoms with Crippen molar-refractivity contribution in [3.8, 4) is 0 Å². The van der Waals surface area contributed by atoms with Gasteiger partial charge in [0, 0.05) is 14.2 Å². The highest BCUT2D eigenvalue weighted by molar-refractivity contribution is 5.35. The Balaban J connectivity index is 2.99. The number of hydrogen-bond acceptors (Lipinski definition) is 3. The van der Waals surface area contributed by atoms with Crippen molar-refractivity contribution in [2.75, 3.05) is 14.2 Å². The third-order valence-electron chi connectivity index (χ3n) is 2.76. The summed E-state index contributed by atoms with van der Waals surface area (Å²) in [7, 11) is 3.19. The van der Waals surface area contributed by atoms with Crippen LogP contribution in [0.2, 0.25) is 0 Å². The van der Waals surface area contributed by atoms with E-state index in [2.05, 4.69) is 19.9 Å². The Morgan fingerprint density at radius 1 is 1.13 bits per heavy atom. The first-order chi connectivity index (χ1) is 7.11. The van der Waals surface area contributed by atoms with Crippen LogP contribution in [0.25, 0.3) is 0 Å². The number of aryl methyl sites for hydroxylation is 1. The Kier molecular flexibility index (Phi) is 4.27. The molecule has 1 aromatic carbocycles. The number of methoxy groups -OCH3 is 2. The monoisotopic (exact) mass is 209 g/mol. The van der Waals surface area contributed by atoms with Gasteiger partial charge in [-0.1, -0.05) is 18.2 Å². The third kappa shape index (κ3) is 2.56. The predicted octanol–water partition coefficient (Wildman–Crippen LogP) is 1.92. The summed E-state index contributed by atoms with van der Waals surface area (Å²) in [5.41, 5.74) is 9.58. The minimum Gasteiger partial charge on any atom is -0.354 e. The normalized spacial score (nSPS) is 13.2. The largest absolute Gasteiger partial charge is 0.354 e. The number of rotatable bonds is 4. The number of ether oxygens (including phenoxy) is 2. The van der Waals surface area contributed by atoms with E-state index in [1.807, 2.05) is 12.1 Å². The van der Waals surface area contributed by atoms with Crippen LogP contribution in [0.15, 0.2) is 18.2 Å². The minimum absolute atomic E-state index is 0.250. The minimum atomic E-state index is -0.398. The first-order valence-corrected chi connectivity index (χ1v) is 4.99. The highest BCUT2D eigenvalue weighted by Crippen LogP contribution is 2.22. The van der Waals surface area contributed by atoms with Gasteiger partial charge in [0.1, 0.15) is 0 Å². The summed E-state index contributed by atoms with van der Waals surface area (Å²) in [6.45, 7) is 4.13. The average molecular weight is 209 g/mol. The maximum Gasteiger partial charge on any atom is 0.176 e. The SMILES string of the molecule is COC(OC)C(N)c1cccc(C)c1C. The zero-order valence-corrected chi connectivity index (χ0v) is 9.78. The second-order valence-electron chi connectivity index (χ2n) is 3.65.